The van der Waals surface area contributed by atoms with Gasteiger partial charge >= 0.3 is 0 Å². The molecule has 1 heterocycles. The average Bonchev–Trinajstić information content (AvgIpc) is 2.59. The molecule has 0 amide bonds. The number of hydrogen-bond acceptors (Lipinski definition) is 2. The summed E-state index contributed by atoms with van der Waals surface area (Å²) in [7, 11) is 0. The molecule has 92 valence electrons. The predicted octanol–water partition coefficient (Wildman–Crippen LogP) is 2.90. The van der Waals surface area contributed by atoms with Gasteiger partial charge in [0.05, 0.1) is 5.69 Å². The van der Waals surface area contributed by atoms with Gasteiger partial charge < -0.3 is 10.7 Å². The molecule has 0 saturated carbocycles. The van der Waals surface area contributed by atoms with E-state index in [4.69, 9.17) is 5.73 Å². The number of aromatic amines is 1. The lowest BCUT2D eigenvalue weighted by atomic mass is 10.1. The Morgan fingerprint density at radius 3 is 2.44 bits per heavy atom. The van der Waals surface area contributed by atoms with Crippen molar-refractivity contribution in [1.29, 1.82) is 0 Å². The lowest BCUT2D eigenvalue weighted by molar-refractivity contribution is 0.636. The number of aromatic nitrogens is 2. The van der Waals surface area contributed by atoms with E-state index in [1.165, 1.54) is 30.7 Å². The minimum Gasteiger partial charge on any atom is -0.346 e. The van der Waals surface area contributed by atoms with E-state index < -0.39 is 0 Å². The molecule has 0 unspecified atom stereocenters. The molecule has 0 radical (unpaired) electrons. The highest BCUT2D eigenvalue weighted by Gasteiger charge is 2.09. The number of imidazole rings is 1. The van der Waals surface area contributed by atoms with Crippen LogP contribution >= 0.6 is 0 Å². The van der Waals surface area contributed by atoms with E-state index in [0.29, 0.717) is 5.92 Å². The monoisotopic (exact) mass is 223 g/mol. The van der Waals surface area contributed by atoms with Crippen LogP contribution in [0.5, 0.6) is 0 Å². The molecule has 1 rings (SSSR count). The first-order valence-electron chi connectivity index (χ1n) is 6.40. The van der Waals surface area contributed by atoms with Crippen LogP contribution in [-0.2, 0) is 6.42 Å². The third-order valence-electron chi connectivity index (χ3n) is 2.89. The maximum atomic E-state index is 5.46. The Morgan fingerprint density at radius 2 is 1.88 bits per heavy atom. The van der Waals surface area contributed by atoms with E-state index in [1.54, 1.807) is 0 Å². The zero-order valence-electron chi connectivity index (χ0n) is 10.8. The first-order chi connectivity index (χ1) is 7.65. The summed E-state index contributed by atoms with van der Waals surface area (Å²) < 4.78 is 0. The molecule has 0 atom stereocenters. The normalized spacial score (nSPS) is 11.3. The SMILES string of the molecule is Cc1[nH]c(CCCCCCN)nc1C(C)C. The maximum absolute atomic E-state index is 5.46. The van der Waals surface area contributed by atoms with Gasteiger partial charge in [0.1, 0.15) is 5.82 Å². The summed E-state index contributed by atoms with van der Waals surface area (Å²) in [5.41, 5.74) is 7.91. The molecule has 1 aromatic heterocycles. The number of nitrogens with two attached hydrogens (primary N) is 1. The molecule has 0 aliphatic rings. The van der Waals surface area contributed by atoms with Gasteiger partial charge in [-0.15, -0.1) is 0 Å². The maximum Gasteiger partial charge on any atom is 0.106 e. The van der Waals surface area contributed by atoms with Crippen molar-refractivity contribution in [3.05, 3.63) is 17.2 Å². The van der Waals surface area contributed by atoms with Gasteiger partial charge in [0.15, 0.2) is 0 Å². The highest BCUT2D eigenvalue weighted by molar-refractivity contribution is 5.16. The molecule has 3 nitrogen and oxygen atoms in total. The lowest BCUT2D eigenvalue weighted by Crippen LogP contribution is -1.98. The van der Waals surface area contributed by atoms with Crippen molar-refractivity contribution in [1.82, 2.24) is 9.97 Å². The van der Waals surface area contributed by atoms with Crippen LogP contribution in [0.2, 0.25) is 0 Å². The second kappa shape index (κ2) is 6.69. The minimum atomic E-state index is 0.516. The van der Waals surface area contributed by atoms with E-state index in [0.717, 1.165) is 25.2 Å². The zero-order valence-corrected chi connectivity index (χ0v) is 10.8. The quantitative estimate of drug-likeness (QED) is 0.698. The Balaban J connectivity index is 2.34. The van der Waals surface area contributed by atoms with Gasteiger partial charge in [-0.2, -0.15) is 0 Å². The first-order valence-corrected chi connectivity index (χ1v) is 6.40. The van der Waals surface area contributed by atoms with E-state index in [1.807, 2.05) is 0 Å². The van der Waals surface area contributed by atoms with Gasteiger partial charge in [-0.25, -0.2) is 4.98 Å². The van der Waals surface area contributed by atoms with Gasteiger partial charge in [0.25, 0.3) is 0 Å². The van der Waals surface area contributed by atoms with Crippen LogP contribution in [0.3, 0.4) is 0 Å². The molecular formula is C13H25N3. The fourth-order valence-corrected chi connectivity index (χ4v) is 2.01. The second-order valence-corrected chi connectivity index (χ2v) is 4.80. The molecule has 0 bridgehead atoms. The number of nitrogens with zero attached hydrogens (tertiary/aromatic N) is 1. The number of nitrogens with one attached hydrogen (secondary N) is 1. The fraction of sp³-hybridized carbons (Fsp3) is 0.769. The Labute approximate surface area is 98.8 Å². The number of rotatable bonds is 7. The Hall–Kier alpha value is -0.830. The zero-order chi connectivity index (χ0) is 12.0. The highest BCUT2D eigenvalue weighted by Crippen LogP contribution is 2.17. The summed E-state index contributed by atoms with van der Waals surface area (Å²) in [6.07, 6.45) is 5.93. The van der Waals surface area contributed by atoms with E-state index >= 15 is 0 Å². The van der Waals surface area contributed by atoms with Gasteiger partial charge in [0, 0.05) is 12.1 Å². The van der Waals surface area contributed by atoms with Crippen LogP contribution < -0.4 is 5.73 Å². The van der Waals surface area contributed by atoms with Crippen LogP contribution in [0, 0.1) is 6.92 Å². The van der Waals surface area contributed by atoms with Gasteiger partial charge in [-0.1, -0.05) is 26.7 Å². The van der Waals surface area contributed by atoms with Crippen molar-refractivity contribution in [3.63, 3.8) is 0 Å². The van der Waals surface area contributed by atoms with Crippen LogP contribution in [-0.4, -0.2) is 16.5 Å². The molecule has 0 aliphatic heterocycles. The summed E-state index contributed by atoms with van der Waals surface area (Å²) >= 11 is 0. The van der Waals surface area contributed by atoms with E-state index in [2.05, 4.69) is 30.7 Å². The number of aryl methyl sites for hydroxylation is 2. The number of H-pyrrole nitrogens is 1. The van der Waals surface area contributed by atoms with Crippen molar-refractivity contribution in [2.75, 3.05) is 6.54 Å². The Kier molecular flexibility index (Phi) is 5.53. The van der Waals surface area contributed by atoms with E-state index in [-0.39, 0.29) is 0 Å². The summed E-state index contributed by atoms with van der Waals surface area (Å²) in [4.78, 5) is 8.03. The molecule has 0 saturated heterocycles. The fourth-order valence-electron chi connectivity index (χ4n) is 2.01. The third-order valence-corrected chi connectivity index (χ3v) is 2.89. The van der Waals surface area contributed by atoms with Crippen LogP contribution in [0.15, 0.2) is 0 Å². The topological polar surface area (TPSA) is 54.7 Å². The molecule has 0 aliphatic carbocycles. The molecule has 3 heteroatoms. The molecule has 0 aromatic carbocycles. The van der Waals surface area contributed by atoms with Crippen molar-refractivity contribution >= 4 is 0 Å². The molecule has 0 spiro atoms. The lowest BCUT2D eigenvalue weighted by Gasteiger charge is -1.99. The minimum absolute atomic E-state index is 0.516. The molecule has 16 heavy (non-hydrogen) atoms. The molecule has 3 N–H and O–H groups in total. The van der Waals surface area contributed by atoms with Crippen molar-refractivity contribution in [3.8, 4) is 0 Å². The van der Waals surface area contributed by atoms with Crippen molar-refractivity contribution in [2.45, 2.75) is 58.8 Å². The van der Waals surface area contributed by atoms with Crippen LogP contribution in [0.1, 0.15) is 62.7 Å². The largest absolute Gasteiger partial charge is 0.346 e. The standard InChI is InChI=1S/C13H25N3/c1-10(2)13-11(3)15-12(16-13)8-6-4-5-7-9-14/h10H,4-9,14H2,1-3H3,(H,15,16). The van der Waals surface area contributed by atoms with Gasteiger partial charge in [-0.05, 0) is 32.2 Å². The summed E-state index contributed by atoms with van der Waals surface area (Å²) in [5.74, 6) is 1.66. The molecular weight excluding hydrogens is 198 g/mol. The predicted molar refractivity (Wildman–Crippen MR) is 68.6 cm³/mol. The Bertz CT molecular complexity index is 302. The van der Waals surface area contributed by atoms with Crippen molar-refractivity contribution < 1.29 is 0 Å². The number of unbranched alkanes of at least 4 members (excludes halogenated alkanes) is 3. The molecule has 0 fully saturated rings. The van der Waals surface area contributed by atoms with E-state index in [9.17, 15) is 0 Å². The average molecular weight is 223 g/mol. The smallest absolute Gasteiger partial charge is 0.106 e. The third kappa shape index (κ3) is 3.97. The van der Waals surface area contributed by atoms with Crippen molar-refractivity contribution in [2.24, 2.45) is 5.73 Å². The van der Waals surface area contributed by atoms with Crippen LogP contribution in [0.25, 0.3) is 0 Å². The van der Waals surface area contributed by atoms with Gasteiger partial charge in [0.2, 0.25) is 0 Å². The summed E-state index contributed by atoms with van der Waals surface area (Å²) in [6.45, 7) is 7.31. The second-order valence-electron chi connectivity index (χ2n) is 4.80. The first kappa shape index (κ1) is 13.2. The van der Waals surface area contributed by atoms with Crippen LogP contribution in [0.4, 0.5) is 0 Å². The number of hydrogen-bond donors (Lipinski definition) is 2. The molecule has 1 aromatic rings. The Morgan fingerprint density at radius 1 is 1.19 bits per heavy atom. The highest BCUT2D eigenvalue weighted by atomic mass is 14.9. The summed E-state index contributed by atoms with van der Waals surface area (Å²) in [6, 6.07) is 0. The van der Waals surface area contributed by atoms with Gasteiger partial charge in [-0.3, -0.25) is 0 Å². The summed E-state index contributed by atoms with van der Waals surface area (Å²) in [5, 5.41) is 0.